The number of amides is 1. The van der Waals surface area contributed by atoms with E-state index in [4.69, 9.17) is 4.74 Å². The standard InChI is InChI=1S/C24H25NO3S/c1-15(2)18-8-10-19(11-9-18)25-16(3)22(24(27)28-4)21(23(25)26)14-17-6-12-20(29-5)13-7-17/h6-15H,1-5H3/b21-14-. The molecule has 1 aliphatic heterocycles. The van der Waals surface area contributed by atoms with Crippen LogP contribution in [0, 0.1) is 0 Å². The number of rotatable bonds is 5. The lowest BCUT2D eigenvalue weighted by molar-refractivity contribution is -0.136. The smallest absolute Gasteiger partial charge is 0.340 e. The molecule has 5 heteroatoms. The van der Waals surface area contributed by atoms with Gasteiger partial charge in [0.25, 0.3) is 5.91 Å². The van der Waals surface area contributed by atoms with Crippen LogP contribution >= 0.6 is 11.8 Å². The number of allylic oxidation sites excluding steroid dienone is 1. The van der Waals surface area contributed by atoms with Crippen LogP contribution in [-0.4, -0.2) is 25.2 Å². The quantitative estimate of drug-likeness (QED) is 0.378. The van der Waals surface area contributed by atoms with Crippen LogP contribution in [0.4, 0.5) is 5.69 Å². The van der Waals surface area contributed by atoms with Gasteiger partial charge in [0.15, 0.2) is 0 Å². The Morgan fingerprint density at radius 2 is 1.69 bits per heavy atom. The maximum Gasteiger partial charge on any atom is 0.340 e. The van der Waals surface area contributed by atoms with Gasteiger partial charge < -0.3 is 4.74 Å². The van der Waals surface area contributed by atoms with Crippen molar-refractivity contribution in [3.8, 4) is 0 Å². The van der Waals surface area contributed by atoms with E-state index >= 15 is 0 Å². The average Bonchev–Trinajstić information content (AvgIpc) is 2.97. The van der Waals surface area contributed by atoms with Crippen LogP contribution in [-0.2, 0) is 14.3 Å². The predicted octanol–water partition coefficient (Wildman–Crippen LogP) is 5.41. The van der Waals surface area contributed by atoms with Crippen LogP contribution in [0.1, 0.15) is 37.8 Å². The summed E-state index contributed by atoms with van der Waals surface area (Å²) in [7, 11) is 1.33. The first-order chi connectivity index (χ1) is 13.9. The van der Waals surface area contributed by atoms with Crippen molar-refractivity contribution < 1.29 is 14.3 Å². The van der Waals surface area contributed by atoms with E-state index in [9.17, 15) is 9.59 Å². The fourth-order valence-electron chi connectivity index (χ4n) is 3.37. The number of thioether (sulfide) groups is 1. The predicted molar refractivity (Wildman–Crippen MR) is 119 cm³/mol. The monoisotopic (exact) mass is 407 g/mol. The highest BCUT2D eigenvalue weighted by Gasteiger charge is 2.37. The molecule has 150 valence electrons. The van der Waals surface area contributed by atoms with E-state index in [1.54, 1.807) is 29.7 Å². The van der Waals surface area contributed by atoms with Crippen molar-refractivity contribution in [3.05, 3.63) is 76.5 Å². The van der Waals surface area contributed by atoms with Crippen molar-refractivity contribution >= 4 is 35.4 Å². The lowest BCUT2D eigenvalue weighted by atomic mass is 10.0. The molecule has 0 atom stereocenters. The number of hydrogen-bond donors (Lipinski definition) is 0. The van der Waals surface area contributed by atoms with Gasteiger partial charge in [0.05, 0.1) is 18.3 Å². The molecule has 0 saturated heterocycles. The zero-order chi connectivity index (χ0) is 21.1. The normalized spacial score (nSPS) is 15.6. The van der Waals surface area contributed by atoms with E-state index < -0.39 is 5.97 Å². The average molecular weight is 408 g/mol. The summed E-state index contributed by atoms with van der Waals surface area (Å²) in [5, 5.41) is 0. The molecule has 2 aromatic carbocycles. The van der Waals surface area contributed by atoms with Gasteiger partial charge in [-0.15, -0.1) is 11.8 Å². The number of carbonyl (C=O) groups is 2. The largest absolute Gasteiger partial charge is 0.465 e. The minimum Gasteiger partial charge on any atom is -0.465 e. The van der Waals surface area contributed by atoms with Gasteiger partial charge in [-0.2, -0.15) is 0 Å². The lowest BCUT2D eigenvalue weighted by Gasteiger charge is -2.19. The minimum absolute atomic E-state index is 0.228. The molecule has 0 N–H and O–H groups in total. The summed E-state index contributed by atoms with van der Waals surface area (Å²) in [6.07, 6.45) is 3.77. The van der Waals surface area contributed by atoms with Crippen molar-refractivity contribution in [2.75, 3.05) is 18.3 Å². The number of methoxy groups -OCH3 is 1. The Labute approximate surface area is 176 Å². The Morgan fingerprint density at radius 1 is 1.07 bits per heavy atom. The molecule has 0 aliphatic carbocycles. The highest BCUT2D eigenvalue weighted by atomic mass is 32.2. The van der Waals surface area contributed by atoms with Gasteiger partial charge in [-0.05, 0) is 60.6 Å². The van der Waals surface area contributed by atoms with E-state index in [0.29, 0.717) is 22.8 Å². The van der Waals surface area contributed by atoms with E-state index in [-0.39, 0.29) is 5.91 Å². The summed E-state index contributed by atoms with van der Waals surface area (Å²) in [5.74, 6) is -0.335. The number of anilines is 1. The molecule has 4 nitrogen and oxygen atoms in total. The fourth-order valence-corrected chi connectivity index (χ4v) is 3.77. The molecule has 1 amide bonds. The van der Waals surface area contributed by atoms with Gasteiger partial charge in [-0.25, -0.2) is 4.79 Å². The van der Waals surface area contributed by atoms with Gasteiger partial charge in [0, 0.05) is 16.3 Å². The summed E-state index contributed by atoms with van der Waals surface area (Å²) in [6, 6.07) is 15.7. The molecule has 0 aromatic heterocycles. The SMILES string of the molecule is COC(=O)C1=C(C)N(c2ccc(C(C)C)cc2)C(=O)/C1=C\c1ccc(SC)cc1. The van der Waals surface area contributed by atoms with E-state index in [1.165, 1.54) is 12.7 Å². The molecule has 0 spiro atoms. The molecule has 1 aliphatic rings. The number of hydrogen-bond acceptors (Lipinski definition) is 4. The van der Waals surface area contributed by atoms with Crippen molar-refractivity contribution in [2.45, 2.75) is 31.6 Å². The Morgan fingerprint density at radius 3 is 2.21 bits per heavy atom. The third kappa shape index (κ3) is 4.15. The molecular weight excluding hydrogens is 382 g/mol. The molecule has 0 saturated carbocycles. The number of benzene rings is 2. The summed E-state index contributed by atoms with van der Waals surface area (Å²) in [6.45, 7) is 6.03. The summed E-state index contributed by atoms with van der Waals surface area (Å²) in [5.41, 5.74) is 4.02. The van der Waals surface area contributed by atoms with Crippen LogP contribution < -0.4 is 4.90 Å². The Kier molecular flexibility index (Phi) is 6.28. The van der Waals surface area contributed by atoms with E-state index in [1.807, 2.05) is 54.8 Å². The second-order valence-electron chi connectivity index (χ2n) is 7.17. The van der Waals surface area contributed by atoms with Crippen LogP contribution in [0.5, 0.6) is 0 Å². The second kappa shape index (κ2) is 8.70. The number of carbonyl (C=O) groups excluding carboxylic acids is 2. The molecule has 29 heavy (non-hydrogen) atoms. The Hall–Kier alpha value is -2.79. The molecule has 2 aromatic rings. The summed E-state index contributed by atoms with van der Waals surface area (Å²) in [4.78, 5) is 28.5. The molecule has 0 unspecified atom stereocenters. The summed E-state index contributed by atoms with van der Waals surface area (Å²) < 4.78 is 4.97. The minimum atomic E-state index is -0.510. The van der Waals surface area contributed by atoms with Crippen LogP contribution in [0.2, 0.25) is 0 Å². The third-order valence-electron chi connectivity index (χ3n) is 5.03. The fraction of sp³-hybridized carbons (Fsp3) is 0.250. The highest BCUT2D eigenvalue weighted by molar-refractivity contribution is 7.98. The van der Waals surface area contributed by atoms with Crippen LogP contribution in [0.3, 0.4) is 0 Å². The van der Waals surface area contributed by atoms with Crippen LogP contribution in [0.15, 0.2) is 70.3 Å². The van der Waals surface area contributed by atoms with Crippen molar-refractivity contribution in [2.24, 2.45) is 0 Å². The van der Waals surface area contributed by atoms with Gasteiger partial charge in [0.2, 0.25) is 0 Å². The first-order valence-corrected chi connectivity index (χ1v) is 10.7. The molecule has 3 rings (SSSR count). The molecule has 1 heterocycles. The van der Waals surface area contributed by atoms with E-state index in [2.05, 4.69) is 13.8 Å². The highest BCUT2D eigenvalue weighted by Crippen LogP contribution is 2.36. The maximum atomic E-state index is 13.3. The van der Waals surface area contributed by atoms with Crippen LogP contribution in [0.25, 0.3) is 6.08 Å². The molecular formula is C24H25NO3S. The van der Waals surface area contributed by atoms with Gasteiger partial charge in [-0.1, -0.05) is 38.1 Å². The molecule has 0 fully saturated rings. The Balaban J connectivity index is 2.06. The number of ether oxygens (including phenoxy) is 1. The van der Waals surface area contributed by atoms with Gasteiger partial charge >= 0.3 is 5.97 Å². The lowest BCUT2D eigenvalue weighted by Crippen LogP contribution is -2.24. The second-order valence-corrected chi connectivity index (χ2v) is 8.05. The topological polar surface area (TPSA) is 46.6 Å². The summed E-state index contributed by atoms with van der Waals surface area (Å²) >= 11 is 1.65. The Bertz CT molecular complexity index is 986. The van der Waals surface area contributed by atoms with E-state index in [0.717, 1.165) is 16.1 Å². The molecule has 0 radical (unpaired) electrons. The zero-order valence-electron chi connectivity index (χ0n) is 17.4. The maximum absolute atomic E-state index is 13.3. The van der Waals surface area contributed by atoms with Gasteiger partial charge in [0.1, 0.15) is 0 Å². The first-order valence-electron chi connectivity index (χ1n) is 9.47. The number of nitrogens with zero attached hydrogens (tertiary/aromatic N) is 1. The van der Waals surface area contributed by atoms with Crippen molar-refractivity contribution in [3.63, 3.8) is 0 Å². The third-order valence-corrected chi connectivity index (χ3v) is 5.78. The first kappa shape index (κ1) is 20.9. The molecule has 0 bridgehead atoms. The number of esters is 1. The van der Waals surface area contributed by atoms with Crippen molar-refractivity contribution in [1.82, 2.24) is 0 Å². The van der Waals surface area contributed by atoms with Gasteiger partial charge in [-0.3, -0.25) is 9.69 Å². The van der Waals surface area contributed by atoms with Crippen molar-refractivity contribution in [1.29, 1.82) is 0 Å². The zero-order valence-corrected chi connectivity index (χ0v) is 18.2.